The Bertz CT molecular complexity index is 334. The van der Waals surface area contributed by atoms with Crippen molar-refractivity contribution < 1.29 is 0 Å². The van der Waals surface area contributed by atoms with Crippen LogP contribution < -0.4 is 5.32 Å². The van der Waals surface area contributed by atoms with Gasteiger partial charge in [0.15, 0.2) is 0 Å². The lowest BCUT2D eigenvalue weighted by Gasteiger charge is -2.31. The fourth-order valence-electron chi connectivity index (χ4n) is 2.39. The molecule has 1 atom stereocenters. The third kappa shape index (κ3) is 4.65. The maximum Gasteiger partial charge on any atom is 0.0327 e. The number of rotatable bonds is 8. The standard InChI is InChI=1S/C14H25BrN2S/c1-5-11(6-2)13(17(3)4)9-16-10-14-12(15)7-8-18-14/h7-8,11,13,16H,5-6,9-10H2,1-4H3. The van der Waals surface area contributed by atoms with Gasteiger partial charge in [0, 0.05) is 28.5 Å². The van der Waals surface area contributed by atoms with Crippen LogP contribution in [-0.4, -0.2) is 31.6 Å². The van der Waals surface area contributed by atoms with E-state index in [0.29, 0.717) is 6.04 Å². The van der Waals surface area contributed by atoms with Crippen LogP contribution in [0.5, 0.6) is 0 Å². The van der Waals surface area contributed by atoms with E-state index in [0.717, 1.165) is 19.0 Å². The van der Waals surface area contributed by atoms with Gasteiger partial charge in [0.05, 0.1) is 0 Å². The molecule has 0 spiro atoms. The summed E-state index contributed by atoms with van der Waals surface area (Å²) in [5, 5.41) is 5.73. The zero-order chi connectivity index (χ0) is 13.5. The molecule has 0 fully saturated rings. The Kier molecular flexibility index (Phi) is 7.46. The molecule has 104 valence electrons. The normalized spacial score (nSPS) is 13.5. The molecule has 1 heterocycles. The third-order valence-corrected chi connectivity index (χ3v) is 5.51. The lowest BCUT2D eigenvalue weighted by atomic mass is 9.93. The lowest BCUT2D eigenvalue weighted by Crippen LogP contribution is -2.42. The summed E-state index contributed by atoms with van der Waals surface area (Å²) in [6.07, 6.45) is 2.51. The summed E-state index contributed by atoms with van der Waals surface area (Å²) >= 11 is 5.39. The van der Waals surface area contributed by atoms with Crippen LogP contribution in [0, 0.1) is 5.92 Å². The van der Waals surface area contributed by atoms with Crippen molar-refractivity contribution in [3.63, 3.8) is 0 Å². The second-order valence-electron chi connectivity index (χ2n) is 4.93. The van der Waals surface area contributed by atoms with Gasteiger partial charge in [-0.05, 0) is 47.4 Å². The van der Waals surface area contributed by atoms with Crippen LogP contribution in [0.25, 0.3) is 0 Å². The number of nitrogens with zero attached hydrogens (tertiary/aromatic N) is 1. The average molecular weight is 333 g/mol. The van der Waals surface area contributed by atoms with Crippen LogP contribution in [0.3, 0.4) is 0 Å². The minimum absolute atomic E-state index is 0.624. The van der Waals surface area contributed by atoms with Gasteiger partial charge in [-0.1, -0.05) is 26.7 Å². The topological polar surface area (TPSA) is 15.3 Å². The second-order valence-corrected chi connectivity index (χ2v) is 6.79. The number of nitrogens with one attached hydrogen (secondary N) is 1. The molecule has 1 rings (SSSR count). The maximum absolute atomic E-state index is 3.60. The Morgan fingerprint density at radius 1 is 1.33 bits per heavy atom. The van der Waals surface area contributed by atoms with Crippen molar-refractivity contribution in [2.75, 3.05) is 20.6 Å². The summed E-state index contributed by atoms with van der Waals surface area (Å²) in [4.78, 5) is 3.74. The van der Waals surface area contributed by atoms with Crippen molar-refractivity contribution >= 4 is 27.3 Å². The minimum atomic E-state index is 0.624. The van der Waals surface area contributed by atoms with E-state index < -0.39 is 0 Å². The first-order chi connectivity index (χ1) is 8.60. The summed E-state index contributed by atoms with van der Waals surface area (Å²) < 4.78 is 1.23. The van der Waals surface area contributed by atoms with E-state index in [2.05, 4.69) is 65.5 Å². The summed E-state index contributed by atoms with van der Waals surface area (Å²) in [6.45, 7) is 6.60. The SMILES string of the molecule is CCC(CC)C(CNCc1sccc1Br)N(C)C. The van der Waals surface area contributed by atoms with Crippen LogP contribution in [0.15, 0.2) is 15.9 Å². The van der Waals surface area contributed by atoms with Gasteiger partial charge < -0.3 is 10.2 Å². The van der Waals surface area contributed by atoms with Gasteiger partial charge in [-0.2, -0.15) is 0 Å². The van der Waals surface area contributed by atoms with Gasteiger partial charge in [0.25, 0.3) is 0 Å². The van der Waals surface area contributed by atoms with Crippen molar-refractivity contribution in [1.29, 1.82) is 0 Å². The first-order valence-electron chi connectivity index (χ1n) is 6.69. The number of hydrogen-bond donors (Lipinski definition) is 1. The van der Waals surface area contributed by atoms with Gasteiger partial charge in [-0.3, -0.25) is 0 Å². The van der Waals surface area contributed by atoms with Crippen LogP contribution in [0.1, 0.15) is 31.6 Å². The van der Waals surface area contributed by atoms with Crippen LogP contribution in [-0.2, 0) is 6.54 Å². The third-order valence-electron chi connectivity index (χ3n) is 3.59. The second kappa shape index (κ2) is 8.31. The van der Waals surface area contributed by atoms with E-state index in [1.807, 2.05) is 0 Å². The summed E-state index contributed by atoms with van der Waals surface area (Å²) in [7, 11) is 4.37. The highest BCUT2D eigenvalue weighted by molar-refractivity contribution is 9.10. The quantitative estimate of drug-likeness (QED) is 0.774. The molecule has 1 unspecified atom stereocenters. The highest BCUT2D eigenvalue weighted by Crippen LogP contribution is 2.22. The average Bonchev–Trinajstić information content (AvgIpc) is 2.74. The van der Waals surface area contributed by atoms with Crippen molar-refractivity contribution in [3.05, 3.63) is 20.8 Å². The monoisotopic (exact) mass is 332 g/mol. The van der Waals surface area contributed by atoms with Crippen molar-refractivity contribution in [1.82, 2.24) is 10.2 Å². The van der Waals surface area contributed by atoms with Gasteiger partial charge in [-0.25, -0.2) is 0 Å². The molecule has 0 bridgehead atoms. The Hall–Kier alpha value is 0.1000. The van der Waals surface area contributed by atoms with Gasteiger partial charge in [0.2, 0.25) is 0 Å². The van der Waals surface area contributed by atoms with Gasteiger partial charge in [-0.15, -0.1) is 11.3 Å². The molecule has 1 N–H and O–H groups in total. The highest BCUT2D eigenvalue weighted by Gasteiger charge is 2.20. The molecule has 4 heteroatoms. The molecule has 0 radical (unpaired) electrons. The van der Waals surface area contributed by atoms with Crippen molar-refractivity contribution in [2.24, 2.45) is 5.92 Å². The molecule has 0 aromatic carbocycles. The summed E-state index contributed by atoms with van der Waals surface area (Å²) in [5.74, 6) is 0.777. The van der Waals surface area contributed by atoms with Crippen LogP contribution >= 0.6 is 27.3 Å². The molecule has 0 aliphatic carbocycles. The molecule has 0 aliphatic heterocycles. The molecular formula is C14H25BrN2S. The number of thiophene rings is 1. The molecule has 0 amide bonds. The molecule has 0 aliphatic rings. The predicted octanol–water partition coefficient (Wildman–Crippen LogP) is 3.97. The lowest BCUT2D eigenvalue weighted by molar-refractivity contribution is 0.194. The van der Waals surface area contributed by atoms with Gasteiger partial charge in [0.1, 0.15) is 0 Å². The largest absolute Gasteiger partial charge is 0.310 e. The molecular weight excluding hydrogens is 308 g/mol. The number of hydrogen-bond acceptors (Lipinski definition) is 3. The predicted molar refractivity (Wildman–Crippen MR) is 85.3 cm³/mol. The highest BCUT2D eigenvalue weighted by atomic mass is 79.9. The van der Waals surface area contributed by atoms with Crippen LogP contribution in [0.4, 0.5) is 0 Å². The zero-order valence-corrected chi connectivity index (χ0v) is 14.3. The first-order valence-corrected chi connectivity index (χ1v) is 8.36. The number of likely N-dealkylation sites (N-methyl/N-ethyl adjacent to an activating group) is 1. The molecule has 0 saturated heterocycles. The minimum Gasteiger partial charge on any atom is -0.310 e. The van der Waals surface area contributed by atoms with Crippen molar-refractivity contribution in [2.45, 2.75) is 39.3 Å². The van der Waals surface area contributed by atoms with E-state index in [9.17, 15) is 0 Å². The fraction of sp³-hybridized carbons (Fsp3) is 0.714. The van der Waals surface area contributed by atoms with E-state index in [4.69, 9.17) is 0 Å². The van der Waals surface area contributed by atoms with Crippen molar-refractivity contribution in [3.8, 4) is 0 Å². The van der Waals surface area contributed by atoms with E-state index in [1.165, 1.54) is 22.2 Å². The molecule has 1 aromatic heterocycles. The summed E-state index contributed by atoms with van der Waals surface area (Å²) in [6, 6.07) is 2.74. The van der Waals surface area contributed by atoms with Crippen LogP contribution in [0.2, 0.25) is 0 Å². The number of halogens is 1. The Morgan fingerprint density at radius 2 is 2.00 bits per heavy atom. The smallest absolute Gasteiger partial charge is 0.0327 e. The Balaban J connectivity index is 2.45. The maximum atomic E-state index is 3.60. The molecule has 1 aromatic rings. The van der Waals surface area contributed by atoms with E-state index >= 15 is 0 Å². The zero-order valence-electron chi connectivity index (χ0n) is 11.9. The Labute approximate surface area is 124 Å². The molecule has 2 nitrogen and oxygen atoms in total. The van der Waals surface area contributed by atoms with E-state index in [1.54, 1.807) is 11.3 Å². The fourth-order valence-corrected chi connectivity index (χ4v) is 3.85. The summed E-state index contributed by atoms with van der Waals surface area (Å²) in [5.41, 5.74) is 0. The van der Waals surface area contributed by atoms with Gasteiger partial charge >= 0.3 is 0 Å². The Morgan fingerprint density at radius 3 is 2.44 bits per heavy atom. The molecule has 0 saturated carbocycles. The first kappa shape index (κ1) is 16.2. The van der Waals surface area contributed by atoms with E-state index in [-0.39, 0.29) is 0 Å². The molecule has 18 heavy (non-hydrogen) atoms.